The van der Waals surface area contributed by atoms with Crippen molar-refractivity contribution >= 4 is 23.2 Å². The minimum atomic E-state index is -1.71. The first-order valence-corrected chi connectivity index (χ1v) is 8.12. The molecule has 0 saturated heterocycles. The van der Waals surface area contributed by atoms with Crippen LogP contribution in [0.3, 0.4) is 0 Å². The van der Waals surface area contributed by atoms with Crippen LogP contribution >= 0.6 is 0 Å². The van der Waals surface area contributed by atoms with Crippen molar-refractivity contribution in [2.45, 2.75) is 0 Å². The van der Waals surface area contributed by atoms with Crippen molar-refractivity contribution in [2.24, 2.45) is 0 Å². The number of nitrogens with zero attached hydrogens (tertiary/aromatic N) is 2. The van der Waals surface area contributed by atoms with E-state index in [1.165, 1.54) is 24.4 Å². The van der Waals surface area contributed by atoms with Gasteiger partial charge in [0.2, 0.25) is 0 Å². The van der Waals surface area contributed by atoms with Crippen molar-refractivity contribution in [3.63, 3.8) is 0 Å². The zero-order valence-corrected chi connectivity index (χ0v) is 14.5. The molecule has 144 valence electrons. The Kier molecular flexibility index (Phi) is 5.55. The summed E-state index contributed by atoms with van der Waals surface area (Å²) in [4.78, 5) is 28.6. The number of hydrogen-bond donors (Lipinski definition) is 2. The summed E-state index contributed by atoms with van der Waals surface area (Å²) in [6.45, 7) is 0. The number of nitriles is 1. The number of pyridine rings is 1. The van der Waals surface area contributed by atoms with E-state index >= 15 is 0 Å². The SMILES string of the molecule is N#Cc1ccccc1NC(=O)c1cc(C(=O)Nc2ccc(F)c(F)c2F)ccn1. The van der Waals surface area contributed by atoms with E-state index in [0.717, 1.165) is 12.1 Å². The molecule has 3 aromatic rings. The Morgan fingerprint density at radius 2 is 1.62 bits per heavy atom. The second-order valence-corrected chi connectivity index (χ2v) is 5.72. The van der Waals surface area contributed by atoms with Crippen LogP contribution in [0.4, 0.5) is 24.5 Å². The van der Waals surface area contributed by atoms with Crippen LogP contribution in [-0.2, 0) is 0 Å². The van der Waals surface area contributed by atoms with Gasteiger partial charge in [-0.05, 0) is 36.4 Å². The lowest BCUT2D eigenvalue weighted by atomic mass is 10.1. The maximum Gasteiger partial charge on any atom is 0.274 e. The van der Waals surface area contributed by atoms with Crippen LogP contribution in [0.15, 0.2) is 54.7 Å². The molecule has 0 saturated carbocycles. The molecule has 29 heavy (non-hydrogen) atoms. The van der Waals surface area contributed by atoms with Gasteiger partial charge < -0.3 is 10.6 Å². The number of para-hydroxylation sites is 1. The van der Waals surface area contributed by atoms with Crippen molar-refractivity contribution < 1.29 is 22.8 Å². The number of benzene rings is 2. The van der Waals surface area contributed by atoms with Gasteiger partial charge in [-0.25, -0.2) is 13.2 Å². The summed E-state index contributed by atoms with van der Waals surface area (Å²) >= 11 is 0. The topological polar surface area (TPSA) is 94.9 Å². The van der Waals surface area contributed by atoms with E-state index in [9.17, 15) is 22.8 Å². The highest BCUT2D eigenvalue weighted by molar-refractivity contribution is 6.08. The molecule has 0 atom stereocenters. The summed E-state index contributed by atoms with van der Waals surface area (Å²) in [5.74, 6) is -6.18. The van der Waals surface area contributed by atoms with Gasteiger partial charge in [0.1, 0.15) is 11.8 Å². The first kappa shape index (κ1) is 19.6. The predicted molar refractivity (Wildman–Crippen MR) is 97.6 cm³/mol. The molecule has 0 bridgehead atoms. The molecular formula is C20H11F3N4O2. The zero-order valence-electron chi connectivity index (χ0n) is 14.5. The Balaban J connectivity index is 1.80. The Bertz CT molecular complexity index is 1160. The minimum Gasteiger partial charge on any atom is -0.319 e. The quantitative estimate of drug-likeness (QED) is 0.655. The van der Waals surface area contributed by atoms with Crippen molar-refractivity contribution in [1.82, 2.24) is 4.98 Å². The van der Waals surface area contributed by atoms with Crippen LogP contribution in [0.2, 0.25) is 0 Å². The van der Waals surface area contributed by atoms with Crippen LogP contribution in [0.25, 0.3) is 0 Å². The molecule has 3 rings (SSSR count). The molecule has 2 amide bonds. The van der Waals surface area contributed by atoms with Gasteiger partial charge in [0, 0.05) is 11.8 Å². The Morgan fingerprint density at radius 3 is 2.38 bits per heavy atom. The van der Waals surface area contributed by atoms with E-state index in [1.54, 1.807) is 12.1 Å². The fraction of sp³-hybridized carbons (Fsp3) is 0. The van der Waals surface area contributed by atoms with E-state index in [0.29, 0.717) is 6.07 Å². The molecule has 9 heteroatoms. The molecule has 0 radical (unpaired) electrons. The molecule has 0 aliphatic heterocycles. The summed E-state index contributed by atoms with van der Waals surface area (Å²) in [5, 5.41) is 13.7. The molecule has 2 aromatic carbocycles. The standard InChI is InChI=1S/C20H11F3N4O2/c21-13-5-6-15(18(23)17(13)22)27-19(28)11-7-8-25-16(9-11)20(29)26-14-4-2-1-3-12(14)10-24/h1-9H,(H,26,29)(H,27,28). The van der Waals surface area contributed by atoms with Crippen LogP contribution < -0.4 is 10.6 Å². The average Bonchev–Trinajstić information content (AvgIpc) is 2.74. The largest absolute Gasteiger partial charge is 0.319 e. The minimum absolute atomic E-state index is 0.0668. The number of aromatic nitrogens is 1. The molecule has 0 aliphatic carbocycles. The Labute approximate surface area is 162 Å². The number of nitrogens with one attached hydrogen (secondary N) is 2. The molecule has 6 nitrogen and oxygen atoms in total. The summed E-state index contributed by atoms with van der Waals surface area (Å²) in [5.41, 5.74) is -0.261. The summed E-state index contributed by atoms with van der Waals surface area (Å²) in [7, 11) is 0. The predicted octanol–water partition coefficient (Wildman–Crippen LogP) is 3.88. The van der Waals surface area contributed by atoms with Crippen LogP contribution in [0, 0.1) is 28.8 Å². The van der Waals surface area contributed by atoms with E-state index in [2.05, 4.69) is 15.6 Å². The molecule has 1 aromatic heterocycles. The number of amides is 2. The lowest BCUT2D eigenvalue weighted by molar-refractivity contribution is 0.102. The van der Waals surface area contributed by atoms with Gasteiger partial charge in [-0.2, -0.15) is 5.26 Å². The maximum absolute atomic E-state index is 13.7. The van der Waals surface area contributed by atoms with Crippen LogP contribution in [-0.4, -0.2) is 16.8 Å². The Morgan fingerprint density at radius 1 is 0.897 bits per heavy atom. The molecule has 1 heterocycles. The van der Waals surface area contributed by atoms with Crippen LogP contribution in [0.1, 0.15) is 26.4 Å². The highest BCUT2D eigenvalue weighted by atomic mass is 19.2. The molecule has 0 aliphatic rings. The number of hydrogen-bond acceptors (Lipinski definition) is 4. The van der Waals surface area contributed by atoms with Gasteiger partial charge in [-0.15, -0.1) is 0 Å². The smallest absolute Gasteiger partial charge is 0.274 e. The highest BCUT2D eigenvalue weighted by Gasteiger charge is 2.17. The van der Waals surface area contributed by atoms with Crippen molar-refractivity contribution in [3.8, 4) is 6.07 Å². The number of halogens is 3. The summed E-state index contributed by atoms with van der Waals surface area (Å²) in [6, 6.07) is 12.2. The third-order valence-corrected chi connectivity index (χ3v) is 3.83. The van der Waals surface area contributed by atoms with Gasteiger partial charge in [0.05, 0.1) is 16.9 Å². The van der Waals surface area contributed by atoms with E-state index in [1.807, 2.05) is 6.07 Å². The molecule has 0 spiro atoms. The normalized spacial score (nSPS) is 10.1. The fourth-order valence-corrected chi connectivity index (χ4v) is 2.39. The van der Waals surface area contributed by atoms with Crippen molar-refractivity contribution in [1.29, 1.82) is 5.26 Å². The molecule has 0 fully saturated rings. The number of carbonyl (C=O) groups excluding carboxylic acids is 2. The fourth-order valence-electron chi connectivity index (χ4n) is 2.39. The number of carbonyl (C=O) groups is 2. The molecule has 0 unspecified atom stereocenters. The third-order valence-electron chi connectivity index (χ3n) is 3.83. The number of rotatable bonds is 4. The first-order valence-electron chi connectivity index (χ1n) is 8.12. The van der Waals surface area contributed by atoms with Gasteiger partial charge >= 0.3 is 0 Å². The first-order chi connectivity index (χ1) is 13.9. The lowest BCUT2D eigenvalue weighted by Crippen LogP contribution is -2.18. The van der Waals surface area contributed by atoms with Gasteiger partial charge in [-0.1, -0.05) is 12.1 Å². The van der Waals surface area contributed by atoms with Crippen molar-refractivity contribution in [3.05, 3.63) is 89.0 Å². The van der Waals surface area contributed by atoms with Crippen LogP contribution in [0.5, 0.6) is 0 Å². The summed E-state index contributed by atoms with van der Waals surface area (Å²) < 4.78 is 40.0. The maximum atomic E-state index is 13.7. The molecular weight excluding hydrogens is 385 g/mol. The Hall–Kier alpha value is -4.19. The van der Waals surface area contributed by atoms with E-state index in [-0.39, 0.29) is 22.5 Å². The summed E-state index contributed by atoms with van der Waals surface area (Å²) in [6.07, 6.45) is 1.18. The number of anilines is 2. The highest BCUT2D eigenvalue weighted by Crippen LogP contribution is 2.20. The second kappa shape index (κ2) is 8.22. The molecule has 2 N–H and O–H groups in total. The van der Waals surface area contributed by atoms with Gasteiger partial charge in [0.15, 0.2) is 17.5 Å². The van der Waals surface area contributed by atoms with E-state index < -0.39 is 35.0 Å². The third kappa shape index (κ3) is 4.22. The lowest BCUT2D eigenvalue weighted by Gasteiger charge is -2.09. The zero-order chi connectivity index (χ0) is 21.0. The average molecular weight is 396 g/mol. The second-order valence-electron chi connectivity index (χ2n) is 5.72. The van der Waals surface area contributed by atoms with Crippen molar-refractivity contribution in [2.75, 3.05) is 10.6 Å². The van der Waals surface area contributed by atoms with E-state index in [4.69, 9.17) is 5.26 Å². The van der Waals surface area contributed by atoms with Gasteiger partial charge in [0.25, 0.3) is 11.8 Å². The van der Waals surface area contributed by atoms with Gasteiger partial charge in [-0.3, -0.25) is 14.6 Å². The monoisotopic (exact) mass is 396 g/mol.